The van der Waals surface area contributed by atoms with E-state index in [1.807, 2.05) is 6.92 Å². The molecule has 0 saturated carbocycles. The lowest BCUT2D eigenvalue weighted by molar-refractivity contribution is -0.167. The minimum Gasteiger partial charge on any atom is -0.391 e. The van der Waals surface area contributed by atoms with Crippen LogP contribution in [0.4, 0.5) is 0 Å². The van der Waals surface area contributed by atoms with Crippen LogP contribution >= 0.6 is 0 Å². The molecule has 17 heavy (non-hydrogen) atoms. The van der Waals surface area contributed by atoms with Crippen LogP contribution in [-0.2, 0) is 19.0 Å². The molecule has 1 rings (SSSR count). The predicted molar refractivity (Wildman–Crippen MR) is 61.6 cm³/mol. The highest BCUT2D eigenvalue weighted by Crippen LogP contribution is 2.28. The summed E-state index contributed by atoms with van der Waals surface area (Å²) in [5.74, 6) is -0.544. The zero-order valence-electron chi connectivity index (χ0n) is 10.8. The van der Waals surface area contributed by atoms with E-state index >= 15 is 0 Å². The van der Waals surface area contributed by atoms with Gasteiger partial charge in [0.15, 0.2) is 5.79 Å². The summed E-state index contributed by atoms with van der Waals surface area (Å²) in [6.07, 6.45) is 0.430. The molecule has 1 N–H and O–H groups in total. The van der Waals surface area contributed by atoms with Crippen LogP contribution in [0.15, 0.2) is 0 Å². The molecule has 100 valence electrons. The summed E-state index contributed by atoms with van der Waals surface area (Å²) >= 11 is 0. The number of Topliss-reactive ketones (excluding diaryl/α,β-unsaturated/α-hetero) is 1. The van der Waals surface area contributed by atoms with Gasteiger partial charge >= 0.3 is 0 Å². The molecule has 0 spiro atoms. The second-order valence-electron chi connectivity index (χ2n) is 4.77. The van der Waals surface area contributed by atoms with E-state index < -0.39 is 11.9 Å². The molecule has 1 fully saturated rings. The maximum Gasteiger partial charge on any atom is 0.166 e. The van der Waals surface area contributed by atoms with Gasteiger partial charge in [-0.15, -0.1) is 0 Å². The van der Waals surface area contributed by atoms with Crippen LogP contribution in [0.1, 0.15) is 33.6 Å². The van der Waals surface area contributed by atoms with Gasteiger partial charge < -0.3 is 24.1 Å². The van der Waals surface area contributed by atoms with E-state index in [2.05, 4.69) is 0 Å². The predicted octanol–water partition coefficient (Wildman–Crippen LogP) is 0.885. The van der Waals surface area contributed by atoms with Crippen molar-refractivity contribution in [1.82, 2.24) is 0 Å². The Kier molecular flexibility index (Phi) is 5.52. The van der Waals surface area contributed by atoms with Crippen molar-refractivity contribution in [3.8, 4) is 0 Å². The molecule has 1 saturated heterocycles. The highest BCUT2D eigenvalue weighted by Gasteiger charge is 2.37. The highest BCUT2D eigenvalue weighted by molar-refractivity contribution is 5.75. The molecule has 0 amide bonds. The molecule has 1 aliphatic rings. The number of hydrogen-bond acceptors (Lipinski definition) is 5. The number of carbonyl (C=O) groups is 1. The van der Waals surface area contributed by atoms with Gasteiger partial charge in [-0.3, -0.25) is 0 Å². The Labute approximate surface area is 102 Å². The van der Waals surface area contributed by atoms with Crippen molar-refractivity contribution in [2.75, 3.05) is 19.8 Å². The molecule has 5 heteroatoms. The molecule has 3 unspecified atom stereocenters. The number of hydrogen-bond donors (Lipinski definition) is 1. The number of ketones is 1. The molecule has 0 aromatic carbocycles. The lowest BCUT2D eigenvalue weighted by Gasteiger charge is -2.22. The molecule has 0 aromatic heterocycles. The summed E-state index contributed by atoms with van der Waals surface area (Å²) in [5.41, 5.74) is 0. The van der Waals surface area contributed by atoms with Gasteiger partial charge in [0.05, 0.1) is 25.9 Å². The Morgan fingerprint density at radius 1 is 1.65 bits per heavy atom. The fraction of sp³-hybridized carbons (Fsp3) is 0.917. The Hall–Kier alpha value is -0.490. The van der Waals surface area contributed by atoms with E-state index in [9.17, 15) is 4.79 Å². The molecule has 0 aromatic rings. The van der Waals surface area contributed by atoms with Crippen LogP contribution in [0.2, 0.25) is 0 Å². The third-order valence-electron chi connectivity index (χ3n) is 2.58. The van der Waals surface area contributed by atoms with Crippen molar-refractivity contribution in [2.24, 2.45) is 0 Å². The third kappa shape index (κ3) is 5.59. The van der Waals surface area contributed by atoms with Crippen molar-refractivity contribution in [2.45, 2.75) is 51.6 Å². The molecule has 3 atom stereocenters. The van der Waals surface area contributed by atoms with Gasteiger partial charge in [-0.05, 0) is 20.8 Å². The van der Waals surface area contributed by atoms with Gasteiger partial charge in [0, 0.05) is 12.8 Å². The summed E-state index contributed by atoms with van der Waals surface area (Å²) in [5, 5.41) is 9.04. The minimum atomic E-state index is -0.676. The van der Waals surface area contributed by atoms with E-state index in [4.69, 9.17) is 19.3 Å². The van der Waals surface area contributed by atoms with Gasteiger partial charge in [0.2, 0.25) is 0 Å². The molecular weight excluding hydrogens is 224 g/mol. The average Bonchev–Trinajstić information content (AvgIpc) is 2.58. The van der Waals surface area contributed by atoms with E-state index in [0.29, 0.717) is 32.7 Å². The second-order valence-corrected chi connectivity index (χ2v) is 4.77. The van der Waals surface area contributed by atoms with Crippen molar-refractivity contribution < 1.29 is 24.1 Å². The Morgan fingerprint density at radius 3 is 2.94 bits per heavy atom. The van der Waals surface area contributed by atoms with Gasteiger partial charge in [0.1, 0.15) is 11.9 Å². The van der Waals surface area contributed by atoms with E-state index in [-0.39, 0.29) is 11.9 Å². The standard InChI is InChI=1S/C12H22O5/c1-9(13)4-5-12(3)16-8-11(17-12)7-15-6-10(2)14/h10-11,14H,4-8H2,1-3H3. The topological polar surface area (TPSA) is 65.0 Å². The third-order valence-corrected chi connectivity index (χ3v) is 2.58. The zero-order valence-corrected chi connectivity index (χ0v) is 10.8. The van der Waals surface area contributed by atoms with Crippen LogP contribution in [0.3, 0.4) is 0 Å². The first-order valence-electron chi connectivity index (χ1n) is 5.98. The number of carbonyl (C=O) groups excluding carboxylic acids is 1. The van der Waals surface area contributed by atoms with Gasteiger partial charge in [-0.1, -0.05) is 0 Å². The molecule has 0 radical (unpaired) electrons. The molecule has 1 aliphatic heterocycles. The van der Waals surface area contributed by atoms with Crippen molar-refractivity contribution in [3.63, 3.8) is 0 Å². The Morgan fingerprint density at radius 2 is 2.35 bits per heavy atom. The number of aliphatic hydroxyl groups excluding tert-OH is 1. The number of ether oxygens (including phenoxy) is 3. The van der Waals surface area contributed by atoms with Gasteiger partial charge in [-0.25, -0.2) is 0 Å². The van der Waals surface area contributed by atoms with E-state index in [1.165, 1.54) is 0 Å². The summed E-state index contributed by atoms with van der Waals surface area (Å²) in [6.45, 7) is 6.23. The monoisotopic (exact) mass is 246 g/mol. The van der Waals surface area contributed by atoms with Gasteiger partial charge in [-0.2, -0.15) is 0 Å². The first kappa shape index (κ1) is 14.6. The molecule has 1 heterocycles. The summed E-state index contributed by atoms with van der Waals surface area (Å²) in [7, 11) is 0. The first-order chi connectivity index (χ1) is 7.91. The van der Waals surface area contributed by atoms with Crippen molar-refractivity contribution >= 4 is 5.78 Å². The lowest BCUT2D eigenvalue weighted by Crippen LogP contribution is -2.29. The summed E-state index contributed by atoms with van der Waals surface area (Å²) in [6, 6.07) is 0. The van der Waals surface area contributed by atoms with Crippen molar-refractivity contribution in [1.29, 1.82) is 0 Å². The fourth-order valence-electron chi connectivity index (χ4n) is 1.68. The Balaban J connectivity index is 2.23. The highest BCUT2D eigenvalue weighted by atomic mass is 16.7. The maximum absolute atomic E-state index is 10.9. The summed E-state index contributed by atoms with van der Waals surface area (Å²) < 4.78 is 16.5. The molecule has 5 nitrogen and oxygen atoms in total. The van der Waals surface area contributed by atoms with Crippen molar-refractivity contribution in [3.05, 3.63) is 0 Å². The number of aliphatic hydroxyl groups is 1. The minimum absolute atomic E-state index is 0.120. The SMILES string of the molecule is CC(=O)CCC1(C)OCC(COCC(C)O)O1. The number of rotatable bonds is 7. The lowest BCUT2D eigenvalue weighted by atomic mass is 10.1. The van der Waals surface area contributed by atoms with Gasteiger partial charge in [0.25, 0.3) is 0 Å². The first-order valence-corrected chi connectivity index (χ1v) is 5.98. The van der Waals surface area contributed by atoms with Crippen LogP contribution in [0.5, 0.6) is 0 Å². The zero-order chi connectivity index (χ0) is 12.9. The quantitative estimate of drug-likeness (QED) is 0.722. The largest absolute Gasteiger partial charge is 0.391 e. The normalized spacial score (nSPS) is 30.5. The fourth-order valence-corrected chi connectivity index (χ4v) is 1.68. The van der Waals surface area contributed by atoms with Crippen LogP contribution in [-0.4, -0.2) is 48.7 Å². The van der Waals surface area contributed by atoms with E-state index in [1.54, 1.807) is 13.8 Å². The summed E-state index contributed by atoms with van der Waals surface area (Å²) in [4.78, 5) is 10.9. The van der Waals surface area contributed by atoms with Crippen LogP contribution in [0, 0.1) is 0 Å². The molecular formula is C12H22O5. The van der Waals surface area contributed by atoms with E-state index in [0.717, 1.165) is 0 Å². The second kappa shape index (κ2) is 6.44. The molecule has 0 bridgehead atoms. The van der Waals surface area contributed by atoms with Crippen LogP contribution in [0.25, 0.3) is 0 Å². The van der Waals surface area contributed by atoms with Crippen LogP contribution < -0.4 is 0 Å². The maximum atomic E-state index is 10.9. The Bertz CT molecular complexity index is 253. The molecule has 0 aliphatic carbocycles. The average molecular weight is 246 g/mol. The smallest absolute Gasteiger partial charge is 0.166 e.